The van der Waals surface area contributed by atoms with Gasteiger partial charge in [-0.2, -0.15) is 0 Å². The quantitative estimate of drug-likeness (QED) is 0.656. The zero-order valence-electron chi connectivity index (χ0n) is 12.4. The van der Waals surface area contributed by atoms with Crippen molar-refractivity contribution in [3.05, 3.63) is 60.2 Å². The number of benzene rings is 2. The van der Waals surface area contributed by atoms with Crippen LogP contribution < -0.4 is 4.72 Å². The second-order valence-corrected chi connectivity index (χ2v) is 6.72. The molecule has 0 bridgehead atoms. The van der Waals surface area contributed by atoms with E-state index in [2.05, 4.69) is 0 Å². The molecule has 0 spiro atoms. The molecule has 2 aromatic carbocycles. The van der Waals surface area contributed by atoms with Gasteiger partial charge < -0.3 is 14.6 Å². The molecule has 9 heteroatoms. The molecule has 0 aliphatic heterocycles. The van der Waals surface area contributed by atoms with E-state index in [9.17, 15) is 27.4 Å². The third-order valence-corrected chi connectivity index (χ3v) is 4.61. The van der Waals surface area contributed by atoms with E-state index in [0.29, 0.717) is 6.07 Å². The molecule has 3 aromatic rings. The van der Waals surface area contributed by atoms with Crippen LogP contribution in [0.2, 0.25) is 0 Å². The molecule has 0 aliphatic rings. The largest absolute Gasteiger partial charge is 0.502 e. The topological polar surface area (TPSA) is 99.8 Å². The first kappa shape index (κ1) is 16.8. The van der Waals surface area contributed by atoms with Crippen molar-refractivity contribution < 1.29 is 31.8 Å². The van der Waals surface area contributed by atoms with Crippen molar-refractivity contribution in [3.8, 4) is 22.8 Å². The molecule has 0 unspecified atom stereocenters. The van der Waals surface area contributed by atoms with Crippen LogP contribution in [0.5, 0.6) is 11.5 Å². The Morgan fingerprint density at radius 2 is 1.52 bits per heavy atom. The van der Waals surface area contributed by atoms with Crippen LogP contribution >= 0.6 is 0 Å². The maximum Gasteiger partial charge on any atom is 0.264 e. The summed E-state index contributed by atoms with van der Waals surface area (Å²) in [5.41, 5.74) is -0.213. The van der Waals surface area contributed by atoms with Gasteiger partial charge in [-0.1, -0.05) is 18.2 Å². The van der Waals surface area contributed by atoms with Gasteiger partial charge in [-0.3, -0.25) is 0 Å². The van der Waals surface area contributed by atoms with Crippen molar-refractivity contribution in [1.82, 2.24) is 0 Å². The van der Waals surface area contributed by atoms with Gasteiger partial charge in [0.15, 0.2) is 5.76 Å². The molecule has 0 atom stereocenters. The van der Waals surface area contributed by atoms with Crippen molar-refractivity contribution in [3.63, 3.8) is 0 Å². The van der Waals surface area contributed by atoms with Crippen LogP contribution in [-0.4, -0.2) is 18.6 Å². The van der Waals surface area contributed by atoms with Gasteiger partial charge in [-0.15, -0.1) is 0 Å². The molecule has 25 heavy (non-hydrogen) atoms. The fourth-order valence-corrected chi connectivity index (χ4v) is 3.16. The van der Waals surface area contributed by atoms with E-state index in [0.717, 1.165) is 12.1 Å². The second kappa shape index (κ2) is 6.10. The second-order valence-electron chi connectivity index (χ2n) is 5.03. The first-order chi connectivity index (χ1) is 11.8. The molecule has 1 aromatic heterocycles. The summed E-state index contributed by atoms with van der Waals surface area (Å²) in [6.45, 7) is 0. The highest BCUT2D eigenvalue weighted by Crippen LogP contribution is 2.46. The van der Waals surface area contributed by atoms with Gasteiger partial charge in [-0.05, 0) is 24.3 Å². The lowest BCUT2D eigenvalue weighted by molar-refractivity contribution is 0.410. The Morgan fingerprint density at radius 1 is 0.920 bits per heavy atom. The summed E-state index contributed by atoms with van der Waals surface area (Å²) in [7, 11) is -4.10. The Labute approximate surface area is 141 Å². The molecule has 1 heterocycles. The predicted molar refractivity (Wildman–Crippen MR) is 84.6 cm³/mol. The SMILES string of the molecule is O=S(=O)(Nc1oc(-c2cc(F)cc(F)c2)c(O)c1O)c1ccccc1. The van der Waals surface area contributed by atoms with Gasteiger partial charge in [0.1, 0.15) is 11.6 Å². The third kappa shape index (κ3) is 3.26. The summed E-state index contributed by atoms with van der Waals surface area (Å²) in [6.07, 6.45) is 0. The van der Waals surface area contributed by atoms with E-state index >= 15 is 0 Å². The Hall–Kier alpha value is -3.07. The van der Waals surface area contributed by atoms with Gasteiger partial charge in [-0.25, -0.2) is 21.9 Å². The molecular weight excluding hydrogens is 356 g/mol. The zero-order chi connectivity index (χ0) is 18.2. The van der Waals surface area contributed by atoms with Crippen molar-refractivity contribution in [2.75, 3.05) is 4.72 Å². The number of aromatic hydroxyl groups is 2. The van der Waals surface area contributed by atoms with Gasteiger partial charge >= 0.3 is 0 Å². The van der Waals surface area contributed by atoms with Crippen LogP contribution in [0.4, 0.5) is 14.7 Å². The molecular formula is C16H11F2NO5S. The molecule has 0 saturated carbocycles. The van der Waals surface area contributed by atoms with Crippen LogP contribution in [0.25, 0.3) is 11.3 Å². The Morgan fingerprint density at radius 3 is 2.12 bits per heavy atom. The maximum atomic E-state index is 13.3. The number of rotatable bonds is 4. The first-order valence-electron chi connectivity index (χ1n) is 6.87. The fraction of sp³-hybridized carbons (Fsp3) is 0. The lowest BCUT2D eigenvalue weighted by Crippen LogP contribution is -2.12. The van der Waals surface area contributed by atoms with Crippen LogP contribution in [-0.2, 0) is 10.0 Å². The number of hydrogen-bond donors (Lipinski definition) is 3. The first-order valence-corrected chi connectivity index (χ1v) is 8.35. The zero-order valence-corrected chi connectivity index (χ0v) is 13.2. The summed E-state index contributed by atoms with van der Waals surface area (Å²) in [5.74, 6) is -4.79. The molecule has 0 radical (unpaired) electrons. The third-order valence-electron chi connectivity index (χ3n) is 3.26. The highest BCUT2D eigenvalue weighted by molar-refractivity contribution is 7.92. The van der Waals surface area contributed by atoms with E-state index < -0.39 is 44.8 Å². The van der Waals surface area contributed by atoms with Gasteiger partial charge in [0.25, 0.3) is 15.9 Å². The van der Waals surface area contributed by atoms with Gasteiger partial charge in [0.2, 0.25) is 11.5 Å². The fourth-order valence-electron chi connectivity index (χ4n) is 2.14. The molecule has 0 saturated heterocycles. The monoisotopic (exact) mass is 367 g/mol. The average Bonchev–Trinajstić information content (AvgIpc) is 2.83. The summed E-state index contributed by atoms with van der Waals surface area (Å²) in [5, 5.41) is 19.8. The molecule has 6 nitrogen and oxygen atoms in total. The van der Waals surface area contributed by atoms with Crippen LogP contribution in [0, 0.1) is 11.6 Å². The number of furan rings is 1. The van der Waals surface area contributed by atoms with Crippen LogP contribution in [0.3, 0.4) is 0 Å². The average molecular weight is 367 g/mol. The van der Waals surface area contributed by atoms with E-state index in [1.165, 1.54) is 24.3 Å². The summed E-state index contributed by atoms with van der Waals surface area (Å²) < 4.78 is 58.1. The van der Waals surface area contributed by atoms with Crippen LogP contribution in [0.1, 0.15) is 0 Å². The van der Waals surface area contributed by atoms with Crippen LogP contribution in [0.15, 0.2) is 57.8 Å². The number of anilines is 1. The minimum atomic E-state index is -4.10. The van der Waals surface area contributed by atoms with E-state index in [-0.39, 0.29) is 10.5 Å². The van der Waals surface area contributed by atoms with E-state index in [1.54, 1.807) is 6.07 Å². The molecule has 130 valence electrons. The van der Waals surface area contributed by atoms with Gasteiger partial charge in [0, 0.05) is 11.6 Å². The molecule has 0 fully saturated rings. The summed E-state index contributed by atoms with van der Waals surface area (Å²) in [4.78, 5) is -0.108. The van der Waals surface area contributed by atoms with Crippen molar-refractivity contribution in [2.45, 2.75) is 4.90 Å². The molecule has 0 amide bonds. The number of hydrogen-bond acceptors (Lipinski definition) is 5. The molecule has 0 aliphatic carbocycles. The standard InChI is InChI=1S/C16H11F2NO5S/c17-10-6-9(7-11(18)8-10)15-13(20)14(21)16(24-15)19-25(22,23)12-4-2-1-3-5-12/h1-8,19-21H. The Bertz CT molecular complexity index is 1010. The van der Waals surface area contributed by atoms with E-state index in [1.807, 2.05) is 4.72 Å². The Balaban J connectivity index is 2.02. The maximum absolute atomic E-state index is 13.3. The molecule has 3 N–H and O–H groups in total. The summed E-state index contributed by atoms with van der Waals surface area (Å²) >= 11 is 0. The summed E-state index contributed by atoms with van der Waals surface area (Å²) in [6, 6.07) is 9.56. The lowest BCUT2D eigenvalue weighted by atomic mass is 10.1. The van der Waals surface area contributed by atoms with Gasteiger partial charge in [0.05, 0.1) is 4.90 Å². The minimum Gasteiger partial charge on any atom is -0.502 e. The normalized spacial score (nSPS) is 11.4. The number of halogens is 2. The van der Waals surface area contributed by atoms with E-state index in [4.69, 9.17) is 4.42 Å². The molecule has 3 rings (SSSR count). The van der Waals surface area contributed by atoms with Crippen molar-refractivity contribution in [2.24, 2.45) is 0 Å². The predicted octanol–water partition coefficient (Wildman–Crippen LogP) is 3.44. The minimum absolute atomic E-state index is 0.108. The Kier molecular flexibility index (Phi) is 4.09. The van der Waals surface area contributed by atoms with Crippen molar-refractivity contribution >= 4 is 15.9 Å². The number of sulfonamides is 1. The highest BCUT2D eigenvalue weighted by Gasteiger charge is 2.25. The van der Waals surface area contributed by atoms with Crippen molar-refractivity contribution in [1.29, 1.82) is 0 Å². The highest BCUT2D eigenvalue weighted by atomic mass is 32.2. The number of nitrogens with one attached hydrogen (secondary N) is 1. The lowest BCUT2D eigenvalue weighted by Gasteiger charge is -2.05. The smallest absolute Gasteiger partial charge is 0.264 e.